The molecule has 5 heteroatoms. The molecule has 0 bridgehead atoms. The van der Waals surface area contributed by atoms with Gasteiger partial charge in [-0.25, -0.2) is 0 Å². The SMILES string of the molecule is Cc1cc(NC(=O)[C@H]2CCCO2)sn1. The maximum atomic E-state index is 11.6. The van der Waals surface area contributed by atoms with Crippen LogP contribution in [0.25, 0.3) is 0 Å². The van der Waals surface area contributed by atoms with E-state index in [9.17, 15) is 4.79 Å². The molecular weight excluding hydrogens is 200 g/mol. The molecule has 14 heavy (non-hydrogen) atoms. The summed E-state index contributed by atoms with van der Waals surface area (Å²) >= 11 is 1.30. The highest BCUT2D eigenvalue weighted by molar-refractivity contribution is 7.10. The molecule has 0 radical (unpaired) electrons. The van der Waals surface area contributed by atoms with E-state index in [2.05, 4.69) is 9.69 Å². The van der Waals surface area contributed by atoms with Crippen molar-refractivity contribution in [3.05, 3.63) is 11.8 Å². The van der Waals surface area contributed by atoms with Crippen LogP contribution in [0.2, 0.25) is 0 Å². The van der Waals surface area contributed by atoms with Gasteiger partial charge in [-0.1, -0.05) is 0 Å². The minimum atomic E-state index is -0.266. The normalized spacial score (nSPS) is 21.1. The summed E-state index contributed by atoms with van der Waals surface area (Å²) in [5.41, 5.74) is 0.928. The summed E-state index contributed by atoms with van der Waals surface area (Å²) < 4.78 is 9.35. The number of rotatable bonds is 2. The van der Waals surface area contributed by atoms with Crippen molar-refractivity contribution in [2.75, 3.05) is 11.9 Å². The minimum Gasteiger partial charge on any atom is -0.368 e. The van der Waals surface area contributed by atoms with E-state index < -0.39 is 0 Å². The first-order valence-electron chi connectivity index (χ1n) is 4.61. The lowest BCUT2D eigenvalue weighted by Gasteiger charge is -2.07. The van der Waals surface area contributed by atoms with E-state index in [1.165, 1.54) is 11.5 Å². The first-order chi connectivity index (χ1) is 6.75. The first kappa shape index (κ1) is 9.61. The fourth-order valence-electron chi connectivity index (χ4n) is 1.41. The zero-order valence-electron chi connectivity index (χ0n) is 7.95. The zero-order chi connectivity index (χ0) is 9.97. The number of nitrogens with one attached hydrogen (secondary N) is 1. The van der Waals surface area contributed by atoms with Gasteiger partial charge in [-0.15, -0.1) is 0 Å². The summed E-state index contributed by atoms with van der Waals surface area (Å²) in [5.74, 6) is -0.0499. The van der Waals surface area contributed by atoms with E-state index in [1.807, 2.05) is 13.0 Å². The molecule has 1 amide bonds. The van der Waals surface area contributed by atoms with Crippen molar-refractivity contribution in [2.24, 2.45) is 0 Å². The molecule has 1 fully saturated rings. The standard InChI is InChI=1S/C9H12N2O2S/c1-6-5-8(14-11-6)10-9(12)7-3-2-4-13-7/h5,7H,2-4H2,1H3,(H,10,12)/t7-/m1/s1. The van der Waals surface area contributed by atoms with Crippen LogP contribution < -0.4 is 5.32 Å². The summed E-state index contributed by atoms with van der Waals surface area (Å²) in [7, 11) is 0. The van der Waals surface area contributed by atoms with Crippen molar-refractivity contribution >= 4 is 22.4 Å². The van der Waals surface area contributed by atoms with Gasteiger partial charge in [-0.05, 0) is 37.4 Å². The molecule has 76 valence electrons. The fraction of sp³-hybridized carbons (Fsp3) is 0.556. The van der Waals surface area contributed by atoms with Gasteiger partial charge in [0, 0.05) is 6.61 Å². The third-order valence-electron chi connectivity index (χ3n) is 2.10. The third kappa shape index (κ3) is 2.10. The van der Waals surface area contributed by atoms with Crippen LogP contribution in [0.3, 0.4) is 0 Å². The van der Waals surface area contributed by atoms with Crippen LogP contribution in [0.5, 0.6) is 0 Å². The summed E-state index contributed by atoms with van der Waals surface area (Å²) in [4.78, 5) is 11.6. The van der Waals surface area contributed by atoms with E-state index in [0.29, 0.717) is 6.61 Å². The quantitative estimate of drug-likeness (QED) is 0.809. The Morgan fingerprint density at radius 1 is 1.79 bits per heavy atom. The predicted molar refractivity (Wildman–Crippen MR) is 54.5 cm³/mol. The molecule has 0 saturated carbocycles. The molecule has 1 aromatic heterocycles. The second-order valence-corrected chi connectivity index (χ2v) is 4.13. The molecule has 2 rings (SSSR count). The van der Waals surface area contributed by atoms with Crippen molar-refractivity contribution in [3.8, 4) is 0 Å². The van der Waals surface area contributed by atoms with Gasteiger partial charge in [0.15, 0.2) is 0 Å². The van der Waals surface area contributed by atoms with Crippen LogP contribution in [0, 0.1) is 6.92 Å². The second kappa shape index (κ2) is 4.06. The Labute approximate surface area is 86.4 Å². The predicted octanol–water partition coefficient (Wildman–Crippen LogP) is 1.57. The zero-order valence-corrected chi connectivity index (χ0v) is 8.76. The van der Waals surface area contributed by atoms with Gasteiger partial charge in [0.05, 0.1) is 5.69 Å². The lowest BCUT2D eigenvalue weighted by atomic mass is 10.2. The second-order valence-electron chi connectivity index (χ2n) is 3.32. The Kier molecular flexibility index (Phi) is 2.79. The summed E-state index contributed by atoms with van der Waals surface area (Å²) in [6, 6.07) is 1.86. The van der Waals surface area contributed by atoms with Gasteiger partial charge >= 0.3 is 0 Å². The highest BCUT2D eigenvalue weighted by Gasteiger charge is 2.23. The molecule has 0 unspecified atom stereocenters. The lowest BCUT2D eigenvalue weighted by Crippen LogP contribution is -2.26. The third-order valence-corrected chi connectivity index (χ3v) is 2.89. The molecular formula is C9H12N2O2S. The van der Waals surface area contributed by atoms with Gasteiger partial charge in [0.25, 0.3) is 5.91 Å². The van der Waals surface area contributed by atoms with Crippen LogP contribution in [0.15, 0.2) is 6.07 Å². The average molecular weight is 212 g/mol. The van der Waals surface area contributed by atoms with Crippen molar-refractivity contribution < 1.29 is 9.53 Å². The molecule has 1 saturated heterocycles. The van der Waals surface area contributed by atoms with E-state index in [1.54, 1.807) is 0 Å². The highest BCUT2D eigenvalue weighted by atomic mass is 32.1. The summed E-state index contributed by atoms with van der Waals surface area (Å²) in [6.07, 6.45) is 1.53. The number of ether oxygens (including phenoxy) is 1. The fourth-order valence-corrected chi connectivity index (χ4v) is 2.07. The Bertz CT molecular complexity index is 331. The highest BCUT2D eigenvalue weighted by Crippen LogP contribution is 2.18. The van der Waals surface area contributed by atoms with Crippen molar-refractivity contribution in [2.45, 2.75) is 25.9 Å². The number of hydrogen-bond donors (Lipinski definition) is 1. The van der Waals surface area contributed by atoms with Gasteiger partial charge < -0.3 is 10.1 Å². The van der Waals surface area contributed by atoms with E-state index in [0.717, 1.165) is 23.5 Å². The van der Waals surface area contributed by atoms with Crippen LogP contribution in [0.4, 0.5) is 5.00 Å². The lowest BCUT2D eigenvalue weighted by molar-refractivity contribution is -0.124. The molecule has 0 aromatic carbocycles. The molecule has 2 heterocycles. The first-order valence-corrected chi connectivity index (χ1v) is 5.39. The molecule has 0 aliphatic carbocycles. The smallest absolute Gasteiger partial charge is 0.254 e. The maximum absolute atomic E-state index is 11.6. The number of anilines is 1. The monoisotopic (exact) mass is 212 g/mol. The Morgan fingerprint density at radius 2 is 2.64 bits per heavy atom. The molecule has 1 atom stereocenters. The molecule has 0 spiro atoms. The van der Waals surface area contributed by atoms with E-state index in [-0.39, 0.29) is 12.0 Å². The Balaban J connectivity index is 1.93. The molecule has 4 nitrogen and oxygen atoms in total. The van der Waals surface area contributed by atoms with Crippen molar-refractivity contribution in [1.82, 2.24) is 4.37 Å². The van der Waals surface area contributed by atoms with Gasteiger partial charge in [-0.3, -0.25) is 4.79 Å². The molecule has 1 N–H and O–H groups in total. The van der Waals surface area contributed by atoms with Gasteiger partial charge in [0.2, 0.25) is 0 Å². The number of carbonyl (C=O) groups excluding carboxylic acids is 1. The molecule has 1 aliphatic heterocycles. The Morgan fingerprint density at radius 3 is 3.21 bits per heavy atom. The average Bonchev–Trinajstić information content (AvgIpc) is 2.75. The number of aromatic nitrogens is 1. The number of aryl methyl sites for hydroxylation is 1. The number of nitrogens with zero attached hydrogens (tertiary/aromatic N) is 1. The van der Waals surface area contributed by atoms with Gasteiger partial charge in [-0.2, -0.15) is 4.37 Å². The number of amides is 1. The summed E-state index contributed by atoms with van der Waals surface area (Å²) in [6.45, 7) is 2.60. The number of hydrogen-bond acceptors (Lipinski definition) is 4. The molecule has 1 aromatic rings. The summed E-state index contributed by atoms with van der Waals surface area (Å²) in [5, 5.41) is 3.59. The topological polar surface area (TPSA) is 51.2 Å². The molecule has 1 aliphatic rings. The van der Waals surface area contributed by atoms with Crippen LogP contribution in [-0.2, 0) is 9.53 Å². The van der Waals surface area contributed by atoms with Crippen LogP contribution in [-0.4, -0.2) is 23.0 Å². The number of carbonyl (C=O) groups is 1. The van der Waals surface area contributed by atoms with E-state index in [4.69, 9.17) is 4.74 Å². The van der Waals surface area contributed by atoms with Crippen molar-refractivity contribution in [3.63, 3.8) is 0 Å². The minimum absolute atomic E-state index is 0.0499. The van der Waals surface area contributed by atoms with Crippen LogP contribution >= 0.6 is 11.5 Å². The Hall–Kier alpha value is -0.940. The van der Waals surface area contributed by atoms with Gasteiger partial charge in [0.1, 0.15) is 11.1 Å². The van der Waals surface area contributed by atoms with Crippen molar-refractivity contribution in [1.29, 1.82) is 0 Å². The maximum Gasteiger partial charge on any atom is 0.254 e. The van der Waals surface area contributed by atoms with E-state index >= 15 is 0 Å². The largest absolute Gasteiger partial charge is 0.368 e. The van der Waals surface area contributed by atoms with Crippen LogP contribution in [0.1, 0.15) is 18.5 Å².